The van der Waals surface area contributed by atoms with Crippen LogP contribution < -0.4 is 10.1 Å². The standard InChI is InChI=1S/C16H19N3O2S/c1-4-21-14-7-5-13(6-8-14)19-16(20)12(3)22-15-9-11(2)17-10-18-15/h5-10,12H,4H2,1-3H3,(H,19,20)/t12-/m1/s1. The summed E-state index contributed by atoms with van der Waals surface area (Å²) in [7, 11) is 0. The van der Waals surface area contributed by atoms with E-state index >= 15 is 0 Å². The van der Waals surface area contributed by atoms with Crippen molar-refractivity contribution in [1.29, 1.82) is 0 Å². The average Bonchev–Trinajstić information content (AvgIpc) is 2.49. The number of nitrogens with one attached hydrogen (secondary N) is 1. The molecule has 1 amide bonds. The van der Waals surface area contributed by atoms with Gasteiger partial charge in [-0.2, -0.15) is 0 Å². The number of thioether (sulfide) groups is 1. The van der Waals surface area contributed by atoms with Crippen molar-refractivity contribution in [3.63, 3.8) is 0 Å². The van der Waals surface area contributed by atoms with E-state index in [1.165, 1.54) is 18.1 Å². The molecular weight excluding hydrogens is 298 g/mol. The number of ether oxygens (including phenoxy) is 1. The molecule has 0 bridgehead atoms. The van der Waals surface area contributed by atoms with Crippen molar-refractivity contribution in [2.24, 2.45) is 0 Å². The van der Waals surface area contributed by atoms with Crippen LogP contribution in [-0.2, 0) is 4.79 Å². The van der Waals surface area contributed by atoms with Crippen LogP contribution in [0, 0.1) is 6.92 Å². The zero-order chi connectivity index (χ0) is 15.9. The van der Waals surface area contributed by atoms with Crippen LogP contribution in [0.3, 0.4) is 0 Å². The third-order valence-electron chi connectivity index (χ3n) is 2.88. The molecule has 0 aliphatic carbocycles. The number of nitrogens with zero attached hydrogens (tertiary/aromatic N) is 2. The molecule has 1 atom stereocenters. The third kappa shape index (κ3) is 4.73. The van der Waals surface area contributed by atoms with Gasteiger partial charge in [-0.3, -0.25) is 4.79 Å². The van der Waals surface area contributed by atoms with Crippen molar-refractivity contribution < 1.29 is 9.53 Å². The maximum atomic E-state index is 12.2. The summed E-state index contributed by atoms with van der Waals surface area (Å²) in [6, 6.07) is 9.20. The van der Waals surface area contributed by atoms with E-state index in [1.54, 1.807) is 0 Å². The normalized spacial score (nSPS) is 11.8. The number of hydrogen-bond acceptors (Lipinski definition) is 5. The number of hydrogen-bond donors (Lipinski definition) is 1. The number of amides is 1. The summed E-state index contributed by atoms with van der Waals surface area (Å²) in [5, 5.41) is 3.43. The number of benzene rings is 1. The van der Waals surface area contributed by atoms with Crippen LogP contribution in [0.25, 0.3) is 0 Å². The SMILES string of the molecule is CCOc1ccc(NC(=O)[C@@H](C)Sc2cc(C)ncn2)cc1. The number of carbonyl (C=O) groups excluding carboxylic acids is 1. The Kier molecular flexibility index (Phi) is 5.77. The van der Waals surface area contributed by atoms with Crippen molar-refractivity contribution in [3.05, 3.63) is 42.4 Å². The minimum absolute atomic E-state index is 0.0644. The largest absolute Gasteiger partial charge is 0.494 e. The van der Waals surface area contributed by atoms with Crippen LogP contribution in [0.4, 0.5) is 5.69 Å². The van der Waals surface area contributed by atoms with Gasteiger partial charge in [0.05, 0.1) is 11.9 Å². The topological polar surface area (TPSA) is 64.1 Å². The quantitative estimate of drug-likeness (QED) is 0.654. The Balaban J connectivity index is 1.93. The van der Waals surface area contributed by atoms with Gasteiger partial charge in [-0.05, 0) is 51.1 Å². The smallest absolute Gasteiger partial charge is 0.237 e. The van der Waals surface area contributed by atoms with Gasteiger partial charge in [-0.15, -0.1) is 0 Å². The van der Waals surface area contributed by atoms with E-state index in [0.29, 0.717) is 6.61 Å². The molecule has 2 rings (SSSR count). The second kappa shape index (κ2) is 7.79. The molecule has 0 aliphatic rings. The summed E-state index contributed by atoms with van der Waals surface area (Å²) in [5.41, 5.74) is 1.64. The first kappa shape index (κ1) is 16.3. The number of carbonyl (C=O) groups is 1. The van der Waals surface area contributed by atoms with Gasteiger partial charge in [0.25, 0.3) is 0 Å². The van der Waals surface area contributed by atoms with Gasteiger partial charge >= 0.3 is 0 Å². The first-order valence-corrected chi connectivity index (χ1v) is 7.95. The molecule has 1 heterocycles. The molecule has 5 nitrogen and oxygen atoms in total. The lowest BCUT2D eigenvalue weighted by atomic mass is 10.3. The fraction of sp³-hybridized carbons (Fsp3) is 0.312. The summed E-state index contributed by atoms with van der Waals surface area (Å²) < 4.78 is 5.37. The zero-order valence-electron chi connectivity index (χ0n) is 12.9. The highest BCUT2D eigenvalue weighted by Crippen LogP contribution is 2.23. The second-order valence-corrected chi connectivity index (χ2v) is 6.07. The molecule has 1 aromatic carbocycles. The number of anilines is 1. The van der Waals surface area contributed by atoms with E-state index in [1.807, 2.05) is 51.1 Å². The Morgan fingerprint density at radius 3 is 2.68 bits per heavy atom. The Morgan fingerprint density at radius 2 is 2.05 bits per heavy atom. The maximum absolute atomic E-state index is 12.2. The minimum Gasteiger partial charge on any atom is -0.494 e. The fourth-order valence-electron chi connectivity index (χ4n) is 1.77. The number of rotatable bonds is 6. The lowest BCUT2D eigenvalue weighted by Gasteiger charge is -2.12. The predicted molar refractivity (Wildman–Crippen MR) is 88.3 cm³/mol. The molecule has 0 spiro atoms. The fourth-order valence-corrected chi connectivity index (χ4v) is 2.65. The Hall–Kier alpha value is -2.08. The van der Waals surface area contributed by atoms with E-state index in [9.17, 15) is 4.79 Å². The van der Waals surface area contributed by atoms with Crippen LogP contribution in [-0.4, -0.2) is 27.7 Å². The number of aryl methyl sites for hydroxylation is 1. The summed E-state index contributed by atoms with van der Waals surface area (Å²) in [4.78, 5) is 20.4. The molecule has 22 heavy (non-hydrogen) atoms. The molecule has 0 saturated heterocycles. The van der Waals surface area contributed by atoms with E-state index in [2.05, 4.69) is 15.3 Å². The molecule has 0 saturated carbocycles. The van der Waals surface area contributed by atoms with Gasteiger partial charge in [0, 0.05) is 11.4 Å². The second-order valence-electron chi connectivity index (χ2n) is 4.70. The first-order chi connectivity index (χ1) is 10.6. The summed E-state index contributed by atoms with van der Waals surface area (Å²) in [6.45, 7) is 6.31. The van der Waals surface area contributed by atoms with Gasteiger partial charge in [-0.25, -0.2) is 9.97 Å². The average molecular weight is 317 g/mol. The van der Waals surface area contributed by atoms with Crippen molar-refractivity contribution in [3.8, 4) is 5.75 Å². The Bertz CT molecular complexity index is 632. The van der Waals surface area contributed by atoms with E-state index in [4.69, 9.17) is 4.74 Å². The highest BCUT2D eigenvalue weighted by atomic mass is 32.2. The van der Waals surface area contributed by atoms with Crippen molar-refractivity contribution in [1.82, 2.24) is 9.97 Å². The highest BCUT2D eigenvalue weighted by molar-refractivity contribution is 8.00. The molecule has 1 N–H and O–H groups in total. The molecule has 6 heteroatoms. The van der Waals surface area contributed by atoms with Crippen LogP contribution in [0.15, 0.2) is 41.7 Å². The molecule has 2 aromatic rings. The molecule has 0 fully saturated rings. The van der Waals surface area contributed by atoms with Crippen LogP contribution >= 0.6 is 11.8 Å². The zero-order valence-corrected chi connectivity index (χ0v) is 13.7. The summed E-state index contributed by atoms with van der Waals surface area (Å²) in [5.74, 6) is 0.727. The van der Waals surface area contributed by atoms with E-state index in [-0.39, 0.29) is 11.2 Å². The van der Waals surface area contributed by atoms with Gasteiger partial charge in [0.2, 0.25) is 5.91 Å². The van der Waals surface area contributed by atoms with E-state index in [0.717, 1.165) is 22.2 Å². The molecule has 0 unspecified atom stereocenters. The number of aromatic nitrogens is 2. The van der Waals surface area contributed by atoms with Gasteiger partial charge in [0.15, 0.2) is 0 Å². The molecular formula is C16H19N3O2S. The molecule has 1 aromatic heterocycles. The van der Waals surface area contributed by atoms with E-state index < -0.39 is 0 Å². The maximum Gasteiger partial charge on any atom is 0.237 e. The Morgan fingerprint density at radius 1 is 1.32 bits per heavy atom. The molecule has 0 aliphatic heterocycles. The van der Waals surface area contributed by atoms with Crippen LogP contribution in [0.1, 0.15) is 19.5 Å². The summed E-state index contributed by atoms with van der Waals surface area (Å²) in [6.07, 6.45) is 1.51. The summed E-state index contributed by atoms with van der Waals surface area (Å²) >= 11 is 1.41. The van der Waals surface area contributed by atoms with Crippen molar-refractivity contribution in [2.75, 3.05) is 11.9 Å². The third-order valence-corrected chi connectivity index (χ3v) is 3.91. The van der Waals surface area contributed by atoms with Gasteiger partial charge in [-0.1, -0.05) is 11.8 Å². The monoisotopic (exact) mass is 317 g/mol. The van der Waals surface area contributed by atoms with Gasteiger partial charge in [0.1, 0.15) is 17.1 Å². The van der Waals surface area contributed by atoms with Crippen molar-refractivity contribution in [2.45, 2.75) is 31.0 Å². The lowest BCUT2D eigenvalue weighted by Crippen LogP contribution is -2.22. The predicted octanol–water partition coefficient (Wildman–Crippen LogP) is 3.30. The molecule has 0 radical (unpaired) electrons. The minimum atomic E-state index is -0.249. The molecule has 116 valence electrons. The van der Waals surface area contributed by atoms with Crippen LogP contribution in [0.5, 0.6) is 5.75 Å². The van der Waals surface area contributed by atoms with Crippen LogP contribution in [0.2, 0.25) is 0 Å². The Labute approximate surface area is 134 Å². The highest BCUT2D eigenvalue weighted by Gasteiger charge is 2.15. The lowest BCUT2D eigenvalue weighted by molar-refractivity contribution is -0.115. The van der Waals surface area contributed by atoms with Crippen molar-refractivity contribution >= 4 is 23.4 Å². The first-order valence-electron chi connectivity index (χ1n) is 7.07. The van der Waals surface area contributed by atoms with Gasteiger partial charge < -0.3 is 10.1 Å².